The molecule has 0 saturated carbocycles. The molecule has 0 aliphatic carbocycles. The van der Waals surface area contributed by atoms with Crippen LogP contribution in [-0.2, 0) is 4.79 Å². The van der Waals surface area contributed by atoms with Gasteiger partial charge < -0.3 is 20.5 Å². The number of benzene rings is 1. The molecule has 0 saturated heterocycles. The number of rotatable bonds is 3. The number of aromatic nitrogens is 1. The van der Waals surface area contributed by atoms with E-state index in [-0.39, 0.29) is 5.91 Å². The molecule has 0 spiro atoms. The van der Waals surface area contributed by atoms with E-state index in [1.165, 1.54) is 0 Å². The molecule has 0 fully saturated rings. The molecular weight excluding hydrogens is 282 g/mol. The predicted octanol–water partition coefficient (Wildman–Crippen LogP) is 1.81. The minimum absolute atomic E-state index is 0.271. The van der Waals surface area contributed by atoms with Crippen LogP contribution in [0.1, 0.15) is 6.92 Å². The number of hydrogen-bond donors (Lipinski definition) is 2. The average molecular weight is 299 g/mol. The molecule has 114 valence electrons. The zero-order valence-electron chi connectivity index (χ0n) is 12.2. The maximum absolute atomic E-state index is 11.6. The molecule has 2 aromatic rings. The van der Waals surface area contributed by atoms with Crippen molar-refractivity contribution in [2.45, 2.75) is 13.0 Å². The van der Waals surface area contributed by atoms with E-state index in [0.717, 1.165) is 17.0 Å². The lowest BCUT2D eigenvalue weighted by Gasteiger charge is -2.18. The monoisotopic (exact) mass is 299 g/mol. The van der Waals surface area contributed by atoms with Crippen LogP contribution >= 0.6 is 0 Å². The maximum atomic E-state index is 11.6. The summed E-state index contributed by atoms with van der Waals surface area (Å²) in [6.45, 7) is 2.72. The standard InChI is InChI=1S/C16H17N3O3/c1-10(17)16(20)19-15-4-2-3-12(18-15)11-5-6-13-14(9-11)22-8-7-21-13/h2-6,9-10H,7-8,17H2,1H3,(H,18,19,20). The topological polar surface area (TPSA) is 86.5 Å². The SMILES string of the molecule is CC(N)C(=O)Nc1cccc(-c2ccc3c(c2)OCCO3)n1. The lowest BCUT2D eigenvalue weighted by Crippen LogP contribution is -2.32. The zero-order valence-corrected chi connectivity index (χ0v) is 12.2. The Labute approximate surface area is 128 Å². The van der Waals surface area contributed by atoms with Crippen LogP contribution in [0.3, 0.4) is 0 Å². The summed E-state index contributed by atoms with van der Waals surface area (Å²) in [4.78, 5) is 16.1. The number of ether oxygens (including phenoxy) is 2. The van der Waals surface area contributed by atoms with Gasteiger partial charge in [-0.1, -0.05) is 6.07 Å². The highest BCUT2D eigenvalue weighted by atomic mass is 16.6. The highest BCUT2D eigenvalue weighted by Gasteiger charge is 2.13. The number of pyridine rings is 1. The fraction of sp³-hybridized carbons (Fsp3) is 0.250. The van der Waals surface area contributed by atoms with Crippen LogP contribution < -0.4 is 20.5 Å². The Morgan fingerprint density at radius 3 is 2.77 bits per heavy atom. The van der Waals surface area contributed by atoms with Gasteiger partial charge in [0, 0.05) is 5.56 Å². The number of carbonyl (C=O) groups excluding carboxylic acids is 1. The molecule has 1 atom stereocenters. The molecule has 0 bridgehead atoms. The number of anilines is 1. The molecule has 6 nitrogen and oxygen atoms in total. The van der Waals surface area contributed by atoms with Crippen molar-refractivity contribution in [3.8, 4) is 22.8 Å². The normalized spacial score (nSPS) is 14.3. The van der Waals surface area contributed by atoms with Crippen LogP contribution in [0.25, 0.3) is 11.3 Å². The lowest BCUT2D eigenvalue weighted by molar-refractivity contribution is -0.117. The van der Waals surface area contributed by atoms with Crippen LogP contribution in [0.5, 0.6) is 11.5 Å². The van der Waals surface area contributed by atoms with Crippen molar-refractivity contribution in [3.05, 3.63) is 36.4 Å². The van der Waals surface area contributed by atoms with E-state index in [1.54, 1.807) is 13.0 Å². The van der Waals surface area contributed by atoms with Crippen molar-refractivity contribution in [1.82, 2.24) is 4.98 Å². The Kier molecular flexibility index (Phi) is 3.93. The summed E-state index contributed by atoms with van der Waals surface area (Å²) in [6.07, 6.45) is 0. The van der Waals surface area contributed by atoms with Crippen LogP contribution in [0.15, 0.2) is 36.4 Å². The van der Waals surface area contributed by atoms with E-state index in [2.05, 4.69) is 10.3 Å². The molecule has 1 aromatic heterocycles. The Bertz CT molecular complexity index is 701. The first-order valence-electron chi connectivity index (χ1n) is 7.07. The first-order chi connectivity index (χ1) is 10.6. The Morgan fingerprint density at radius 1 is 1.23 bits per heavy atom. The summed E-state index contributed by atoms with van der Waals surface area (Å²) in [5.74, 6) is 1.63. The molecule has 6 heteroatoms. The van der Waals surface area contributed by atoms with Crippen LogP contribution in [-0.4, -0.2) is 30.1 Å². The van der Waals surface area contributed by atoms with E-state index in [9.17, 15) is 4.79 Å². The smallest absolute Gasteiger partial charge is 0.242 e. The Morgan fingerprint density at radius 2 is 2.00 bits per heavy atom. The van der Waals surface area contributed by atoms with Gasteiger partial charge in [0.2, 0.25) is 5.91 Å². The third-order valence-electron chi connectivity index (χ3n) is 3.25. The molecule has 1 aliphatic heterocycles. The van der Waals surface area contributed by atoms with Gasteiger partial charge in [-0.05, 0) is 37.3 Å². The number of hydrogen-bond acceptors (Lipinski definition) is 5. The number of fused-ring (bicyclic) bond motifs is 1. The van der Waals surface area contributed by atoms with E-state index in [1.807, 2.05) is 30.3 Å². The van der Waals surface area contributed by atoms with Gasteiger partial charge in [0.15, 0.2) is 11.5 Å². The number of nitrogens with zero attached hydrogens (tertiary/aromatic N) is 1. The quantitative estimate of drug-likeness (QED) is 0.902. The van der Waals surface area contributed by atoms with E-state index >= 15 is 0 Å². The van der Waals surface area contributed by atoms with E-state index in [0.29, 0.717) is 24.8 Å². The number of amides is 1. The minimum Gasteiger partial charge on any atom is -0.486 e. The van der Waals surface area contributed by atoms with E-state index in [4.69, 9.17) is 15.2 Å². The molecule has 3 N–H and O–H groups in total. The first-order valence-corrected chi connectivity index (χ1v) is 7.07. The largest absolute Gasteiger partial charge is 0.486 e. The van der Waals surface area contributed by atoms with Crippen molar-refractivity contribution in [1.29, 1.82) is 0 Å². The van der Waals surface area contributed by atoms with E-state index < -0.39 is 6.04 Å². The molecule has 1 unspecified atom stereocenters. The third kappa shape index (κ3) is 3.01. The van der Waals surface area contributed by atoms with Crippen molar-refractivity contribution < 1.29 is 14.3 Å². The maximum Gasteiger partial charge on any atom is 0.242 e. The molecule has 2 heterocycles. The number of nitrogens with one attached hydrogen (secondary N) is 1. The molecule has 1 amide bonds. The van der Waals surface area contributed by atoms with Gasteiger partial charge in [0.25, 0.3) is 0 Å². The molecular formula is C16H17N3O3. The summed E-state index contributed by atoms with van der Waals surface area (Å²) >= 11 is 0. The minimum atomic E-state index is -0.584. The third-order valence-corrected chi connectivity index (χ3v) is 3.25. The van der Waals surface area contributed by atoms with Gasteiger partial charge in [0.1, 0.15) is 19.0 Å². The second-order valence-corrected chi connectivity index (χ2v) is 5.04. The van der Waals surface area contributed by atoms with Gasteiger partial charge in [-0.3, -0.25) is 4.79 Å². The van der Waals surface area contributed by atoms with Gasteiger partial charge >= 0.3 is 0 Å². The Hall–Kier alpha value is -2.60. The molecule has 1 aromatic carbocycles. The summed E-state index contributed by atoms with van der Waals surface area (Å²) < 4.78 is 11.1. The lowest BCUT2D eigenvalue weighted by atomic mass is 10.1. The Balaban J connectivity index is 1.87. The van der Waals surface area contributed by atoms with Gasteiger partial charge in [-0.2, -0.15) is 0 Å². The molecule has 22 heavy (non-hydrogen) atoms. The van der Waals surface area contributed by atoms with Crippen molar-refractivity contribution >= 4 is 11.7 Å². The fourth-order valence-corrected chi connectivity index (χ4v) is 2.11. The number of carbonyl (C=O) groups is 1. The average Bonchev–Trinajstić information content (AvgIpc) is 2.54. The summed E-state index contributed by atoms with van der Waals surface area (Å²) in [6, 6.07) is 10.5. The highest BCUT2D eigenvalue weighted by molar-refractivity contribution is 5.93. The van der Waals surface area contributed by atoms with Gasteiger partial charge in [0.05, 0.1) is 11.7 Å². The van der Waals surface area contributed by atoms with Crippen molar-refractivity contribution in [2.75, 3.05) is 18.5 Å². The summed E-state index contributed by atoms with van der Waals surface area (Å²) in [5.41, 5.74) is 7.16. The van der Waals surface area contributed by atoms with Gasteiger partial charge in [-0.25, -0.2) is 4.98 Å². The van der Waals surface area contributed by atoms with Crippen molar-refractivity contribution in [2.24, 2.45) is 5.73 Å². The highest BCUT2D eigenvalue weighted by Crippen LogP contribution is 2.34. The van der Waals surface area contributed by atoms with Crippen LogP contribution in [0.4, 0.5) is 5.82 Å². The molecule has 3 rings (SSSR count). The fourth-order valence-electron chi connectivity index (χ4n) is 2.11. The molecule has 1 aliphatic rings. The zero-order chi connectivity index (χ0) is 15.5. The van der Waals surface area contributed by atoms with Crippen LogP contribution in [0, 0.1) is 0 Å². The second kappa shape index (κ2) is 6.03. The molecule has 0 radical (unpaired) electrons. The van der Waals surface area contributed by atoms with Crippen molar-refractivity contribution in [3.63, 3.8) is 0 Å². The first kappa shape index (κ1) is 14.3. The van der Waals surface area contributed by atoms with Gasteiger partial charge in [-0.15, -0.1) is 0 Å². The number of nitrogens with two attached hydrogens (primary N) is 1. The predicted molar refractivity (Wildman–Crippen MR) is 82.9 cm³/mol. The second-order valence-electron chi connectivity index (χ2n) is 5.04. The summed E-state index contributed by atoms with van der Waals surface area (Å²) in [5, 5.41) is 2.68. The van der Waals surface area contributed by atoms with Crippen LogP contribution in [0.2, 0.25) is 0 Å². The summed E-state index contributed by atoms with van der Waals surface area (Å²) in [7, 11) is 0.